The van der Waals surface area contributed by atoms with Crippen LogP contribution in [0.1, 0.15) is 6.42 Å². The SMILES string of the molecule is [2H][B]C1CC(OP(O[B])N(C)[B][B])C(COB([B])B([B])[B])O1. The van der Waals surface area contributed by atoms with Gasteiger partial charge in [0.05, 0.1) is 20.4 Å². The van der Waals surface area contributed by atoms with Gasteiger partial charge in [-0.15, -0.1) is 0 Å². The Kier molecular flexibility index (Phi) is 8.51. The molecule has 12 radical (unpaired) electrons. The van der Waals surface area contributed by atoms with Gasteiger partial charge in [-0.05, 0) is 14.8 Å². The Labute approximate surface area is 138 Å². The molecule has 1 aliphatic rings. The summed E-state index contributed by atoms with van der Waals surface area (Å²) >= 11 is 0. The molecule has 1 fully saturated rings. The highest BCUT2D eigenvalue weighted by molar-refractivity contribution is 7.65. The molecule has 0 bridgehead atoms. The molecule has 1 saturated heterocycles. The first-order valence-electron chi connectivity index (χ1n) is 6.87. The Balaban J connectivity index is 2.59. The summed E-state index contributed by atoms with van der Waals surface area (Å²) in [6.07, 6.45) is -1.20. The van der Waals surface area contributed by atoms with Gasteiger partial charge < -0.3 is 18.4 Å². The first-order valence-corrected chi connectivity index (χ1v) is 7.43. The fraction of sp³-hybridized carbons (Fsp3) is 1.00. The van der Waals surface area contributed by atoms with Crippen LogP contribution in [0.25, 0.3) is 0 Å². The maximum Gasteiger partial charge on any atom is 0.293 e. The van der Waals surface area contributed by atoms with E-state index in [2.05, 4.69) is 0 Å². The molecule has 21 heavy (non-hydrogen) atoms. The van der Waals surface area contributed by atoms with Crippen molar-refractivity contribution in [1.29, 1.82) is 1.34 Å². The normalized spacial score (nSPS) is 27.1. The molecule has 5 nitrogen and oxygen atoms in total. The van der Waals surface area contributed by atoms with Crippen LogP contribution >= 0.6 is 8.53 Å². The number of nitrogens with zero attached hydrogens (tertiary/aromatic N) is 1. The Hall–Kier alpha value is 0.814. The largest absolute Gasteiger partial charge is 0.454 e. The first kappa shape index (κ1) is 18.2. The van der Waals surface area contributed by atoms with E-state index >= 15 is 0 Å². The van der Waals surface area contributed by atoms with Crippen molar-refractivity contribution >= 4 is 75.7 Å². The Morgan fingerprint density at radius 3 is 2.81 bits per heavy atom. The summed E-state index contributed by atoms with van der Waals surface area (Å²) in [5.74, 6) is 0. The zero-order chi connectivity index (χ0) is 16.7. The molecule has 0 aliphatic carbocycles. The van der Waals surface area contributed by atoms with Crippen LogP contribution in [0.2, 0.25) is 0 Å². The summed E-state index contributed by atoms with van der Waals surface area (Å²) in [5.41, 5.74) is 0. The van der Waals surface area contributed by atoms with Gasteiger partial charge in [0, 0.05) is 35.6 Å². The summed E-state index contributed by atoms with van der Waals surface area (Å²) in [5, 5.41) is 0. The quantitative estimate of drug-likeness (QED) is 0.315. The molecule has 1 aliphatic heterocycles. The third kappa shape index (κ3) is 6.44. The molecular weight excluding hydrogens is 278 g/mol. The molecule has 0 N–H and O–H groups in total. The van der Waals surface area contributed by atoms with Gasteiger partial charge in [-0.1, -0.05) is 0 Å². The minimum Gasteiger partial charge on any atom is -0.454 e. The van der Waals surface area contributed by atoms with Gasteiger partial charge >= 0.3 is 0 Å². The van der Waals surface area contributed by atoms with E-state index in [9.17, 15) is 0 Å². The lowest BCUT2D eigenvalue weighted by molar-refractivity contribution is 0.0111. The average Bonchev–Trinajstić information content (AvgIpc) is 2.91. The van der Waals surface area contributed by atoms with Gasteiger partial charge in [0.15, 0.2) is 14.0 Å². The van der Waals surface area contributed by atoms with E-state index in [0.29, 0.717) is 6.42 Å². The monoisotopic (exact) mass is 292 g/mol. The highest BCUT2D eigenvalue weighted by Crippen LogP contribution is 2.43. The molecule has 96 valence electrons. The highest BCUT2D eigenvalue weighted by atomic mass is 31.2. The molecule has 0 saturated carbocycles. The van der Waals surface area contributed by atoms with Gasteiger partial charge in [0.25, 0.3) is 8.05 Å². The second-order valence-electron chi connectivity index (χ2n) is 4.53. The summed E-state index contributed by atoms with van der Waals surface area (Å²) in [7, 11) is 29.7. The molecule has 0 spiro atoms. The van der Waals surface area contributed by atoms with Gasteiger partial charge in [0.1, 0.15) is 13.9 Å². The van der Waals surface area contributed by atoms with E-state index in [1.807, 2.05) is 0 Å². The van der Waals surface area contributed by atoms with Crippen molar-refractivity contribution in [1.82, 2.24) is 4.58 Å². The number of hydrogen-bond donors (Lipinski definition) is 0. The van der Waals surface area contributed by atoms with Crippen LogP contribution in [-0.2, 0) is 18.4 Å². The van der Waals surface area contributed by atoms with Crippen molar-refractivity contribution in [3.63, 3.8) is 0 Å². The smallest absolute Gasteiger partial charge is 0.293 e. The topological polar surface area (TPSA) is 40.2 Å². The fourth-order valence-electron chi connectivity index (χ4n) is 1.67. The maximum atomic E-state index is 7.31. The van der Waals surface area contributed by atoms with E-state index in [1.165, 1.54) is 19.7 Å². The molecule has 1 heterocycles. The molecule has 0 aromatic rings. The number of hydrogen-bond acceptors (Lipinski definition) is 5. The van der Waals surface area contributed by atoms with Crippen molar-refractivity contribution < 1.29 is 18.4 Å². The first-order chi connectivity index (χ1) is 10.4. The Bertz CT molecular complexity index is 326. The van der Waals surface area contributed by atoms with Crippen molar-refractivity contribution in [2.24, 2.45) is 0 Å². The third-order valence-electron chi connectivity index (χ3n) is 2.85. The van der Waals surface area contributed by atoms with Crippen LogP contribution in [0.3, 0.4) is 0 Å². The average molecular weight is 290 g/mol. The van der Waals surface area contributed by atoms with Crippen LogP contribution in [-0.4, -0.2) is 105 Å². The number of ether oxygens (including phenoxy) is 1. The molecule has 1 rings (SSSR count). The van der Waals surface area contributed by atoms with Crippen LogP contribution in [0.15, 0.2) is 0 Å². The van der Waals surface area contributed by atoms with E-state index in [1.54, 1.807) is 7.05 Å². The van der Waals surface area contributed by atoms with Crippen LogP contribution in [0.4, 0.5) is 0 Å². The van der Waals surface area contributed by atoms with Gasteiger partial charge in [-0.3, -0.25) is 4.58 Å². The lowest BCUT2D eigenvalue weighted by atomic mass is 8.93. The van der Waals surface area contributed by atoms with E-state index < -0.39 is 33.8 Å². The molecule has 0 amide bonds. The van der Waals surface area contributed by atoms with Crippen molar-refractivity contribution in [3.05, 3.63) is 0 Å². The van der Waals surface area contributed by atoms with E-state index in [0.717, 1.165) is 0 Å². The van der Waals surface area contributed by atoms with Gasteiger partial charge in [-0.2, -0.15) is 0 Å². The summed E-state index contributed by atoms with van der Waals surface area (Å²) in [6.45, 7) is -0.708. The number of rotatable bonds is 10. The predicted octanol–water partition coefficient (Wildman–Crippen LogP) is -3.07. The fourth-order valence-corrected chi connectivity index (χ4v) is 2.58. The van der Waals surface area contributed by atoms with Crippen molar-refractivity contribution in [2.45, 2.75) is 24.6 Å². The summed E-state index contributed by atoms with van der Waals surface area (Å²) in [4.78, 5) is 0. The second kappa shape index (κ2) is 9.84. The predicted molar refractivity (Wildman–Crippen MR) is 93.1 cm³/mol. The molecule has 0 aromatic carbocycles. The van der Waals surface area contributed by atoms with Crippen LogP contribution in [0, 0.1) is 0 Å². The Morgan fingerprint density at radius 2 is 2.29 bits per heavy atom. The second-order valence-corrected chi connectivity index (χ2v) is 6.06. The molecule has 4 atom stereocenters. The van der Waals surface area contributed by atoms with E-state index in [4.69, 9.17) is 58.7 Å². The zero-order valence-corrected chi connectivity index (χ0v) is 12.8. The standard InChI is InChI=1S/C6H11B9NO4P/c1-16(13-8)21(20-12)19-4-2-6(7)18-5(4)3-17-15(11)14(9)10/h4-7H,2-3H2,1H3/i7D. The minimum atomic E-state index is -1.58. The zero-order valence-electron chi connectivity index (χ0n) is 12.9. The lowest BCUT2D eigenvalue weighted by Gasteiger charge is -2.29. The van der Waals surface area contributed by atoms with Crippen molar-refractivity contribution in [2.75, 3.05) is 13.7 Å². The van der Waals surface area contributed by atoms with Crippen molar-refractivity contribution in [3.8, 4) is 0 Å². The summed E-state index contributed by atoms with van der Waals surface area (Å²) in [6, 6.07) is -0.386. The van der Waals surface area contributed by atoms with Crippen LogP contribution in [0.5, 0.6) is 0 Å². The van der Waals surface area contributed by atoms with Gasteiger partial charge in [-0.25, -0.2) is 0 Å². The maximum absolute atomic E-state index is 7.31. The van der Waals surface area contributed by atoms with Gasteiger partial charge in [0.2, 0.25) is 8.53 Å². The Morgan fingerprint density at radius 1 is 1.57 bits per heavy atom. The third-order valence-corrected chi connectivity index (χ3v) is 4.13. The summed E-state index contributed by atoms with van der Waals surface area (Å²) < 4.78 is 30.4. The lowest BCUT2D eigenvalue weighted by Crippen LogP contribution is -2.43. The highest BCUT2D eigenvalue weighted by Gasteiger charge is 2.36. The molecule has 15 heteroatoms. The molecular formula is C6H11B9NO4P. The van der Waals surface area contributed by atoms with Crippen LogP contribution < -0.4 is 0 Å². The van der Waals surface area contributed by atoms with E-state index in [-0.39, 0.29) is 12.6 Å². The molecule has 0 aromatic heterocycles. The molecule has 4 unspecified atom stereocenters. The minimum absolute atomic E-state index is 0.116.